The number of hydrogen-bond acceptors (Lipinski definition) is 4. The molecule has 0 fully saturated rings. The number of ether oxygens (including phenoxy) is 2. The van der Waals surface area contributed by atoms with E-state index < -0.39 is 0 Å². The van der Waals surface area contributed by atoms with Crippen LogP contribution >= 0.6 is 0 Å². The molecule has 1 aromatic carbocycles. The summed E-state index contributed by atoms with van der Waals surface area (Å²) < 4.78 is 10.6. The summed E-state index contributed by atoms with van der Waals surface area (Å²) in [4.78, 5) is 12.6. The molecule has 0 heterocycles. The van der Waals surface area contributed by atoms with Crippen molar-refractivity contribution in [1.29, 1.82) is 0 Å². The third-order valence-electron chi connectivity index (χ3n) is 2.56. The van der Waals surface area contributed by atoms with Gasteiger partial charge in [-0.25, -0.2) is 0 Å². The lowest BCUT2D eigenvalue weighted by Crippen LogP contribution is -2.30. The fourth-order valence-corrected chi connectivity index (χ4v) is 1.76. The Balaban J connectivity index is 3.16. The van der Waals surface area contributed by atoms with Gasteiger partial charge in [-0.2, -0.15) is 0 Å². The van der Waals surface area contributed by atoms with Crippen LogP contribution in [0, 0.1) is 6.92 Å². The molecule has 0 aliphatic carbocycles. The van der Waals surface area contributed by atoms with Gasteiger partial charge in [-0.15, -0.1) is 0 Å². The van der Waals surface area contributed by atoms with Gasteiger partial charge in [-0.1, -0.05) is 0 Å². The fraction of sp³-hybridized carbons (Fsp3) is 0.417. The third kappa shape index (κ3) is 2.81. The smallest absolute Gasteiger partial charge is 0.236 e. The highest BCUT2D eigenvalue weighted by Crippen LogP contribution is 2.36. The maximum atomic E-state index is 10.9. The molecule has 0 bridgehead atoms. The van der Waals surface area contributed by atoms with Crippen LogP contribution < -0.4 is 20.1 Å². The molecule has 17 heavy (non-hydrogen) atoms. The number of anilines is 1. The minimum absolute atomic E-state index is 0.141. The molecule has 5 heteroatoms. The molecule has 94 valence electrons. The van der Waals surface area contributed by atoms with Crippen LogP contribution in [0.1, 0.15) is 5.56 Å². The second kappa shape index (κ2) is 5.43. The lowest BCUT2D eigenvalue weighted by Gasteiger charge is -2.22. The molecule has 0 aliphatic heterocycles. The van der Waals surface area contributed by atoms with Gasteiger partial charge in [-0.05, 0) is 19.1 Å². The molecule has 0 unspecified atom stereocenters. The number of methoxy groups -OCH3 is 2. The molecule has 0 saturated carbocycles. The molecule has 0 radical (unpaired) electrons. The first-order valence-electron chi connectivity index (χ1n) is 5.22. The van der Waals surface area contributed by atoms with Gasteiger partial charge in [0.2, 0.25) is 5.91 Å². The van der Waals surface area contributed by atoms with E-state index in [0.29, 0.717) is 5.75 Å². The Kier molecular flexibility index (Phi) is 4.20. The molecule has 1 rings (SSSR count). The van der Waals surface area contributed by atoms with Crippen molar-refractivity contribution in [2.24, 2.45) is 5.73 Å². The lowest BCUT2D eigenvalue weighted by molar-refractivity contribution is -0.116. The molecule has 0 saturated heterocycles. The second-order valence-electron chi connectivity index (χ2n) is 3.77. The van der Waals surface area contributed by atoms with E-state index >= 15 is 0 Å². The number of carbonyl (C=O) groups is 1. The topological polar surface area (TPSA) is 64.8 Å². The van der Waals surface area contributed by atoms with Gasteiger partial charge in [0.1, 0.15) is 11.5 Å². The van der Waals surface area contributed by atoms with Gasteiger partial charge in [0, 0.05) is 12.6 Å². The number of primary amides is 1. The van der Waals surface area contributed by atoms with E-state index in [4.69, 9.17) is 15.2 Å². The van der Waals surface area contributed by atoms with E-state index in [-0.39, 0.29) is 12.5 Å². The maximum absolute atomic E-state index is 10.9. The van der Waals surface area contributed by atoms with Crippen LogP contribution in [0.25, 0.3) is 0 Å². The van der Waals surface area contributed by atoms with E-state index in [1.165, 1.54) is 0 Å². The summed E-state index contributed by atoms with van der Waals surface area (Å²) in [7, 11) is 4.98. The van der Waals surface area contributed by atoms with Crippen molar-refractivity contribution in [2.75, 3.05) is 32.7 Å². The molecular formula is C12H18N2O3. The Morgan fingerprint density at radius 3 is 2.47 bits per heavy atom. The number of likely N-dealkylation sites (N-methyl/N-ethyl adjacent to an activating group) is 1. The van der Waals surface area contributed by atoms with Crippen LogP contribution in [-0.2, 0) is 4.79 Å². The second-order valence-corrected chi connectivity index (χ2v) is 3.77. The quantitative estimate of drug-likeness (QED) is 0.829. The van der Waals surface area contributed by atoms with Crippen LogP contribution in [0.3, 0.4) is 0 Å². The maximum Gasteiger partial charge on any atom is 0.236 e. The third-order valence-corrected chi connectivity index (χ3v) is 2.56. The summed E-state index contributed by atoms with van der Waals surface area (Å²) in [5.74, 6) is 1.05. The van der Waals surface area contributed by atoms with E-state index in [2.05, 4.69) is 0 Å². The van der Waals surface area contributed by atoms with Gasteiger partial charge in [0.05, 0.1) is 26.5 Å². The first-order chi connectivity index (χ1) is 8.01. The molecule has 0 spiro atoms. The highest BCUT2D eigenvalue weighted by atomic mass is 16.5. The van der Waals surface area contributed by atoms with Crippen LogP contribution in [0.4, 0.5) is 5.69 Å². The van der Waals surface area contributed by atoms with Gasteiger partial charge in [0.15, 0.2) is 0 Å². The van der Waals surface area contributed by atoms with Crippen molar-refractivity contribution in [1.82, 2.24) is 0 Å². The van der Waals surface area contributed by atoms with Gasteiger partial charge < -0.3 is 20.1 Å². The Morgan fingerprint density at radius 2 is 2.00 bits per heavy atom. The number of nitrogens with two attached hydrogens (primary N) is 1. The van der Waals surface area contributed by atoms with E-state index in [0.717, 1.165) is 17.0 Å². The van der Waals surface area contributed by atoms with E-state index in [9.17, 15) is 4.79 Å². The van der Waals surface area contributed by atoms with Crippen molar-refractivity contribution < 1.29 is 14.3 Å². The zero-order valence-corrected chi connectivity index (χ0v) is 10.6. The number of carbonyl (C=O) groups excluding carboxylic acids is 1. The first-order valence-corrected chi connectivity index (χ1v) is 5.22. The predicted octanol–water partition coefficient (Wildman–Crippen LogP) is 0.934. The molecule has 0 aliphatic rings. The molecule has 0 atom stereocenters. The largest absolute Gasteiger partial charge is 0.496 e. The SMILES string of the molecule is COc1ccc(N(C)CC(N)=O)c(OC)c1C. The molecule has 0 aromatic heterocycles. The van der Waals surface area contributed by atoms with Gasteiger partial charge in [0.25, 0.3) is 0 Å². The lowest BCUT2D eigenvalue weighted by atomic mass is 10.1. The first kappa shape index (κ1) is 13.2. The molecule has 1 aromatic rings. The van der Waals surface area contributed by atoms with Gasteiger partial charge in [-0.3, -0.25) is 4.79 Å². The number of hydrogen-bond donors (Lipinski definition) is 1. The van der Waals surface area contributed by atoms with E-state index in [1.54, 1.807) is 26.2 Å². The van der Waals surface area contributed by atoms with E-state index in [1.807, 2.05) is 19.1 Å². The summed E-state index contributed by atoms with van der Waals surface area (Å²) in [6, 6.07) is 3.68. The Labute approximate surface area is 101 Å². The van der Waals surface area contributed by atoms with Crippen LogP contribution in [-0.4, -0.2) is 33.7 Å². The number of amides is 1. The summed E-state index contributed by atoms with van der Waals surface area (Å²) >= 11 is 0. The summed E-state index contributed by atoms with van der Waals surface area (Å²) in [5.41, 5.74) is 6.87. The highest BCUT2D eigenvalue weighted by molar-refractivity contribution is 5.80. The highest BCUT2D eigenvalue weighted by Gasteiger charge is 2.15. The van der Waals surface area contributed by atoms with Crippen molar-refractivity contribution in [2.45, 2.75) is 6.92 Å². The zero-order valence-electron chi connectivity index (χ0n) is 10.6. The average Bonchev–Trinajstić information content (AvgIpc) is 2.27. The number of rotatable bonds is 5. The summed E-state index contributed by atoms with van der Waals surface area (Å²) in [6.45, 7) is 2.04. The summed E-state index contributed by atoms with van der Waals surface area (Å²) in [5, 5.41) is 0. The fourth-order valence-electron chi connectivity index (χ4n) is 1.76. The van der Waals surface area contributed by atoms with Crippen molar-refractivity contribution in [3.63, 3.8) is 0 Å². The Morgan fingerprint density at radius 1 is 1.35 bits per heavy atom. The Hall–Kier alpha value is -1.91. The molecular weight excluding hydrogens is 220 g/mol. The predicted molar refractivity (Wildman–Crippen MR) is 66.7 cm³/mol. The van der Waals surface area contributed by atoms with Gasteiger partial charge >= 0.3 is 0 Å². The number of benzene rings is 1. The summed E-state index contributed by atoms with van der Waals surface area (Å²) in [6.07, 6.45) is 0. The molecule has 5 nitrogen and oxygen atoms in total. The van der Waals surface area contributed by atoms with Crippen LogP contribution in [0.5, 0.6) is 11.5 Å². The van der Waals surface area contributed by atoms with Crippen LogP contribution in [0.15, 0.2) is 12.1 Å². The minimum atomic E-state index is -0.386. The molecule has 2 N–H and O–H groups in total. The minimum Gasteiger partial charge on any atom is -0.496 e. The van der Waals surface area contributed by atoms with Crippen molar-refractivity contribution >= 4 is 11.6 Å². The standard InChI is InChI=1S/C12H18N2O3/c1-8-10(16-3)6-5-9(12(8)17-4)14(2)7-11(13)15/h5-6H,7H2,1-4H3,(H2,13,15). The van der Waals surface area contributed by atoms with Crippen molar-refractivity contribution in [3.8, 4) is 11.5 Å². The molecule has 1 amide bonds. The zero-order chi connectivity index (χ0) is 13.0. The Bertz CT molecular complexity index is 418. The number of nitrogens with zero attached hydrogens (tertiary/aromatic N) is 1. The van der Waals surface area contributed by atoms with Crippen LogP contribution in [0.2, 0.25) is 0 Å². The normalized spacial score (nSPS) is 9.88. The monoisotopic (exact) mass is 238 g/mol. The average molecular weight is 238 g/mol. The van der Waals surface area contributed by atoms with Crippen molar-refractivity contribution in [3.05, 3.63) is 17.7 Å².